The van der Waals surface area contributed by atoms with Gasteiger partial charge in [0.1, 0.15) is 0 Å². The van der Waals surface area contributed by atoms with Crippen LogP contribution in [0.4, 0.5) is 0 Å². The van der Waals surface area contributed by atoms with Crippen LogP contribution in [0.25, 0.3) is 0 Å². The second kappa shape index (κ2) is 9.19. The molecule has 0 aromatic heterocycles. The van der Waals surface area contributed by atoms with Gasteiger partial charge >= 0.3 is 0 Å². The van der Waals surface area contributed by atoms with Crippen molar-refractivity contribution in [3.05, 3.63) is 0 Å². The minimum Gasteiger partial charge on any atom is -0.161 e. The molecule has 0 nitrogen and oxygen atoms in total. The number of thioether (sulfide) groups is 2. The van der Waals surface area contributed by atoms with Crippen LogP contribution in [0.15, 0.2) is 0 Å². The van der Waals surface area contributed by atoms with Gasteiger partial charge in [0, 0.05) is 28.4 Å². The fraction of sp³-hybridized carbons (Fsp3) is 1.00. The predicted octanol–water partition coefficient (Wildman–Crippen LogP) is 4.55. The van der Waals surface area contributed by atoms with Gasteiger partial charge in [-0.1, -0.05) is 38.8 Å². The van der Waals surface area contributed by atoms with Crippen molar-refractivity contribution in [2.45, 2.75) is 44.8 Å². The van der Waals surface area contributed by atoms with Crippen molar-refractivity contribution >= 4 is 40.4 Å². The molecule has 0 rings (SSSR count). The van der Waals surface area contributed by atoms with Crippen molar-refractivity contribution in [1.29, 1.82) is 0 Å². The van der Waals surface area contributed by atoms with E-state index in [1.807, 2.05) is 0 Å². The molecule has 0 aliphatic heterocycles. The number of rotatable bonds is 9. The SMILES string of the molecule is C[Si](C)CCSCCSCC[Si](C)(C)C. The van der Waals surface area contributed by atoms with Crippen LogP contribution >= 0.6 is 23.5 Å². The topological polar surface area (TPSA) is 0 Å². The number of hydrogen-bond acceptors (Lipinski definition) is 2. The van der Waals surface area contributed by atoms with E-state index in [2.05, 4.69) is 56.3 Å². The van der Waals surface area contributed by atoms with Gasteiger partial charge in [-0.25, -0.2) is 0 Å². The first-order chi connectivity index (χ1) is 6.92. The zero-order valence-electron chi connectivity index (χ0n) is 11.1. The average molecular weight is 280 g/mol. The lowest BCUT2D eigenvalue weighted by Gasteiger charge is -2.14. The van der Waals surface area contributed by atoms with E-state index in [1.54, 1.807) is 0 Å². The van der Waals surface area contributed by atoms with Gasteiger partial charge in [0.15, 0.2) is 0 Å². The summed E-state index contributed by atoms with van der Waals surface area (Å²) in [6, 6.07) is 2.97. The Kier molecular flexibility index (Phi) is 9.89. The normalized spacial score (nSPS) is 12.4. The van der Waals surface area contributed by atoms with Crippen LogP contribution < -0.4 is 0 Å². The van der Waals surface area contributed by atoms with Crippen LogP contribution in [0, 0.1) is 0 Å². The molecule has 0 heterocycles. The molecule has 4 heteroatoms. The van der Waals surface area contributed by atoms with Crippen LogP contribution in [0.5, 0.6) is 0 Å². The maximum absolute atomic E-state index is 2.47. The standard InChI is InChI=1S/C11H27S2Si2/c1-14(2)10-8-12-6-7-13-9-11-15(3,4)5/h6-11H2,1-5H3. The second-order valence-corrected chi connectivity index (χ2v) is 16.5. The quantitative estimate of drug-likeness (QED) is 0.449. The molecule has 0 aromatic rings. The van der Waals surface area contributed by atoms with Crippen LogP contribution in [-0.4, -0.2) is 39.9 Å². The van der Waals surface area contributed by atoms with Crippen LogP contribution in [0.3, 0.4) is 0 Å². The second-order valence-electron chi connectivity index (χ2n) is 5.49. The third kappa shape index (κ3) is 15.1. The minimum absolute atomic E-state index is 0.0271. The van der Waals surface area contributed by atoms with Gasteiger partial charge in [0.05, 0.1) is 0 Å². The molecular weight excluding hydrogens is 252 g/mol. The smallest absolute Gasteiger partial charge is 0.0450 e. The summed E-state index contributed by atoms with van der Waals surface area (Å²) in [7, 11) is -0.744. The third-order valence-corrected chi connectivity index (χ3v) is 8.07. The Morgan fingerprint density at radius 3 is 1.87 bits per heavy atom. The molecule has 91 valence electrons. The molecule has 0 fully saturated rings. The van der Waals surface area contributed by atoms with E-state index in [4.69, 9.17) is 0 Å². The highest BCUT2D eigenvalue weighted by Crippen LogP contribution is 2.15. The van der Waals surface area contributed by atoms with E-state index in [-0.39, 0.29) is 8.80 Å². The lowest BCUT2D eigenvalue weighted by Crippen LogP contribution is -2.19. The summed E-state index contributed by atoms with van der Waals surface area (Å²) in [4.78, 5) is 0. The highest BCUT2D eigenvalue weighted by atomic mass is 32.2. The van der Waals surface area contributed by atoms with Gasteiger partial charge < -0.3 is 0 Å². The fourth-order valence-corrected chi connectivity index (χ4v) is 7.56. The van der Waals surface area contributed by atoms with E-state index in [0.717, 1.165) is 0 Å². The van der Waals surface area contributed by atoms with Crippen LogP contribution in [0.2, 0.25) is 44.8 Å². The fourth-order valence-electron chi connectivity index (χ4n) is 0.977. The summed E-state index contributed by atoms with van der Waals surface area (Å²) < 4.78 is 0. The lowest BCUT2D eigenvalue weighted by molar-refractivity contribution is 1.36. The molecule has 0 spiro atoms. The minimum atomic E-state index is -0.771. The van der Waals surface area contributed by atoms with Crippen LogP contribution in [0.1, 0.15) is 0 Å². The molecule has 0 saturated heterocycles. The third-order valence-electron chi connectivity index (χ3n) is 2.11. The first-order valence-electron chi connectivity index (χ1n) is 5.86. The molecular formula is C11H27S2Si2. The van der Waals surface area contributed by atoms with Crippen molar-refractivity contribution in [3.8, 4) is 0 Å². The Morgan fingerprint density at radius 2 is 1.40 bits per heavy atom. The maximum Gasteiger partial charge on any atom is 0.0450 e. The molecule has 0 aliphatic carbocycles. The summed E-state index contributed by atoms with van der Waals surface area (Å²) in [5.74, 6) is 5.53. The van der Waals surface area contributed by atoms with Crippen molar-refractivity contribution < 1.29 is 0 Å². The van der Waals surface area contributed by atoms with E-state index in [0.29, 0.717) is 0 Å². The van der Waals surface area contributed by atoms with Crippen molar-refractivity contribution in [2.24, 2.45) is 0 Å². The van der Waals surface area contributed by atoms with Crippen LogP contribution in [-0.2, 0) is 0 Å². The predicted molar refractivity (Wildman–Crippen MR) is 85.1 cm³/mol. The van der Waals surface area contributed by atoms with E-state index < -0.39 is 8.07 Å². The van der Waals surface area contributed by atoms with Gasteiger partial charge in [-0.3, -0.25) is 0 Å². The highest BCUT2D eigenvalue weighted by molar-refractivity contribution is 8.03. The number of hydrogen-bond donors (Lipinski definition) is 0. The highest BCUT2D eigenvalue weighted by Gasteiger charge is 2.11. The average Bonchev–Trinajstić information content (AvgIpc) is 2.07. The van der Waals surface area contributed by atoms with E-state index >= 15 is 0 Å². The van der Waals surface area contributed by atoms with Crippen molar-refractivity contribution in [3.63, 3.8) is 0 Å². The zero-order chi connectivity index (χ0) is 11.7. The summed E-state index contributed by atoms with van der Waals surface area (Å²) >= 11 is 4.32. The lowest BCUT2D eigenvalue weighted by atomic mass is 10.9. The Labute approximate surface area is 108 Å². The van der Waals surface area contributed by atoms with Gasteiger partial charge in [-0.2, -0.15) is 23.5 Å². The summed E-state index contributed by atoms with van der Waals surface area (Å²) in [5, 5.41) is 0. The molecule has 0 bridgehead atoms. The van der Waals surface area contributed by atoms with Crippen molar-refractivity contribution in [2.75, 3.05) is 23.0 Å². The monoisotopic (exact) mass is 279 g/mol. The maximum atomic E-state index is 2.47. The Bertz CT molecular complexity index is 144. The van der Waals surface area contributed by atoms with E-state index in [1.165, 1.54) is 35.1 Å². The van der Waals surface area contributed by atoms with Crippen molar-refractivity contribution in [1.82, 2.24) is 0 Å². The zero-order valence-corrected chi connectivity index (χ0v) is 14.7. The molecule has 0 aromatic carbocycles. The Morgan fingerprint density at radius 1 is 0.867 bits per heavy atom. The molecule has 0 atom stereocenters. The molecule has 0 N–H and O–H groups in total. The van der Waals surface area contributed by atoms with Gasteiger partial charge in [0.25, 0.3) is 0 Å². The van der Waals surface area contributed by atoms with Gasteiger partial charge in [-0.05, 0) is 17.5 Å². The molecule has 0 aliphatic rings. The molecule has 0 saturated carbocycles. The Hall–Kier alpha value is 1.13. The molecule has 1 radical (unpaired) electrons. The molecule has 0 unspecified atom stereocenters. The summed E-state index contributed by atoms with van der Waals surface area (Å²) in [5.41, 5.74) is 0. The molecule has 15 heavy (non-hydrogen) atoms. The summed E-state index contributed by atoms with van der Waals surface area (Å²) in [6.07, 6.45) is 0. The summed E-state index contributed by atoms with van der Waals surface area (Å²) in [6.45, 7) is 12.2. The van der Waals surface area contributed by atoms with E-state index in [9.17, 15) is 0 Å². The van der Waals surface area contributed by atoms with Gasteiger partial charge in [-0.15, -0.1) is 0 Å². The molecule has 0 amide bonds. The largest absolute Gasteiger partial charge is 0.161 e. The first kappa shape index (κ1) is 16.1. The first-order valence-corrected chi connectivity index (χ1v) is 14.6. The Balaban J connectivity index is 3.06. The van der Waals surface area contributed by atoms with Gasteiger partial charge in [0.2, 0.25) is 0 Å².